The van der Waals surface area contributed by atoms with Crippen molar-refractivity contribution in [3.63, 3.8) is 0 Å². The summed E-state index contributed by atoms with van der Waals surface area (Å²) in [5.41, 5.74) is 1.66. The van der Waals surface area contributed by atoms with E-state index in [9.17, 15) is 4.79 Å². The third kappa shape index (κ3) is 3.72. The molecular weight excluding hydrogens is 400 g/mol. The van der Waals surface area contributed by atoms with Gasteiger partial charge in [-0.2, -0.15) is 0 Å². The number of hydrogen-bond donors (Lipinski definition) is 1. The second kappa shape index (κ2) is 7.17. The van der Waals surface area contributed by atoms with Crippen molar-refractivity contribution in [2.75, 3.05) is 24.5 Å². The van der Waals surface area contributed by atoms with Gasteiger partial charge >= 0.3 is 0 Å². The fraction of sp³-hybridized carbons (Fsp3) is 0.556. The number of halogens is 1. The van der Waals surface area contributed by atoms with Crippen molar-refractivity contribution in [3.8, 4) is 0 Å². The number of nitrogens with one attached hydrogen (secondary N) is 1. The maximum atomic E-state index is 12.6. The number of aromatic nitrogens is 2. The SMILES string of the molecule is C[C@@H]1CN(c2nc3c(c(=O)[nH]2)CCN(Cc2ccc(Br)o2)C3)C[C@H](C)O1. The summed E-state index contributed by atoms with van der Waals surface area (Å²) in [6.45, 7) is 7.73. The Morgan fingerprint density at radius 1 is 1.31 bits per heavy atom. The summed E-state index contributed by atoms with van der Waals surface area (Å²) in [5.74, 6) is 1.56. The van der Waals surface area contributed by atoms with Crippen molar-refractivity contribution in [2.24, 2.45) is 0 Å². The molecule has 0 bridgehead atoms. The third-order valence-corrected chi connectivity index (χ3v) is 5.29. The van der Waals surface area contributed by atoms with Gasteiger partial charge in [-0.1, -0.05) is 0 Å². The Labute approximate surface area is 160 Å². The van der Waals surface area contributed by atoms with E-state index in [1.165, 1.54) is 0 Å². The second-order valence-electron chi connectivity index (χ2n) is 7.14. The maximum Gasteiger partial charge on any atom is 0.255 e. The van der Waals surface area contributed by atoms with Gasteiger partial charge in [0.15, 0.2) is 4.67 Å². The van der Waals surface area contributed by atoms with Crippen molar-refractivity contribution in [1.82, 2.24) is 14.9 Å². The first kappa shape index (κ1) is 17.8. The van der Waals surface area contributed by atoms with Gasteiger partial charge in [0, 0.05) is 31.7 Å². The van der Waals surface area contributed by atoms with Gasteiger partial charge in [-0.15, -0.1) is 0 Å². The molecule has 1 fully saturated rings. The first-order valence-electron chi connectivity index (χ1n) is 8.97. The summed E-state index contributed by atoms with van der Waals surface area (Å²) in [6, 6.07) is 3.86. The van der Waals surface area contributed by atoms with E-state index in [0.29, 0.717) is 25.5 Å². The fourth-order valence-electron chi connectivity index (χ4n) is 3.77. The molecular formula is C18H23BrN4O3. The van der Waals surface area contributed by atoms with Crippen LogP contribution in [0.3, 0.4) is 0 Å². The molecule has 1 saturated heterocycles. The van der Waals surface area contributed by atoms with Crippen LogP contribution in [-0.4, -0.2) is 46.7 Å². The minimum atomic E-state index is -0.0165. The van der Waals surface area contributed by atoms with E-state index in [1.54, 1.807) is 0 Å². The summed E-state index contributed by atoms with van der Waals surface area (Å²) < 4.78 is 12.1. The number of nitrogens with zero attached hydrogens (tertiary/aromatic N) is 3. The van der Waals surface area contributed by atoms with E-state index in [0.717, 1.165) is 41.3 Å². The highest BCUT2D eigenvalue weighted by Gasteiger charge is 2.27. The zero-order valence-electron chi connectivity index (χ0n) is 15.0. The number of anilines is 1. The van der Waals surface area contributed by atoms with Crippen LogP contribution in [0.1, 0.15) is 30.9 Å². The van der Waals surface area contributed by atoms with Gasteiger partial charge in [0.25, 0.3) is 5.56 Å². The lowest BCUT2D eigenvalue weighted by Gasteiger charge is -2.36. The second-order valence-corrected chi connectivity index (χ2v) is 7.93. The summed E-state index contributed by atoms with van der Waals surface area (Å²) in [6.07, 6.45) is 0.943. The Morgan fingerprint density at radius 2 is 2.08 bits per heavy atom. The zero-order valence-corrected chi connectivity index (χ0v) is 16.6. The fourth-order valence-corrected chi connectivity index (χ4v) is 4.11. The number of H-pyrrole nitrogens is 1. The van der Waals surface area contributed by atoms with Gasteiger partial charge in [-0.05, 0) is 48.3 Å². The number of ether oxygens (including phenoxy) is 1. The van der Waals surface area contributed by atoms with Gasteiger partial charge in [0.1, 0.15) is 5.76 Å². The van der Waals surface area contributed by atoms with E-state index < -0.39 is 0 Å². The maximum absolute atomic E-state index is 12.6. The normalized spacial score (nSPS) is 23.9. The Balaban J connectivity index is 1.55. The quantitative estimate of drug-likeness (QED) is 0.817. The monoisotopic (exact) mass is 422 g/mol. The Hall–Kier alpha value is -1.64. The molecule has 0 unspecified atom stereocenters. The molecule has 26 heavy (non-hydrogen) atoms. The molecule has 7 nitrogen and oxygen atoms in total. The Morgan fingerprint density at radius 3 is 2.77 bits per heavy atom. The predicted octanol–water partition coefficient (Wildman–Crippen LogP) is 2.30. The van der Waals surface area contributed by atoms with E-state index in [4.69, 9.17) is 14.1 Å². The largest absolute Gasteiger partial charge is 0.453 e. The molecule has 0 amide bonds. The number of rotatable bonds is 3. The highest BCUT2D eigenvalue weighted by atomic mass is 79.9. The van der Waals surface area contributed by atoms with Gasteiger partial charge in [0.2, 0.25) is 5.95 Å². The molecule has 8 heteroatoms. The third-order valence-electron chi connectivity index (χ3n) is 4.87. The zero-order chi connectivity index (χ0) is 18.3. The lowest BCUT2D eigenvalue weighted by Crippen LogP contribution is -2.47. The smallest absolute Gasteiger partial charge is 0.255 e. The molecule has 0 radical (unpaired) electrons. The highest BCUT2D eigenvalue weighted by Crippen LogP contribution is 2.22. The number of aromatic amines is 1. The van der Waals surface area contributed by atoms with Gasteiger partial charge in [-0.3, -0.25) is 14.7 Å². The molecule has 4 rings (SSSR count). The molecule has 0 saturated carbocycles. The summed E-state index contributed by atoms with van der Waals surface area (Å²) in [4.78, 5) is 24.7. The lowest BCUT2D eigenvalue weighted by atomic mass is 10.1. The lowest BCUT2D eigenvalue weighted by molar-refractivity contribution is -0.00576. The van der Waals surface area contributed by atoms with Gasteiger partial charge in [0.05, 0.1) is 24.4 Å². The molecule has 0 aliphatic carbocycles. The van der Waals surface area contributed by atoms with E-state index >= 15 is 0 Å². The standard InChI is InChI=1S/C18H23BrN4O3/c1-11-7-23(8-12(2)25-11)18-20-15-10-22(6-5-14(15)17(24)21-18)9-13-3-4-16(19)26-13/h3-4,11-12H,5-10H2,1-2H3,(H,20,21,24)/t11-,12+. The number of furan rings is 1. The van der Waals surface area contributed by atoms with Crippen molar-refractivity contribution in [1.29, 1.82) is 0 Å². The Bertz CT molecular complexity index is 839. The molecule has 0 aromatic carbocycles. The van der Waals surface area contributed by atoms with Crippen LogP contribution >= 0.6 is 15.9 Å². The molecule has 0 spiro atoms. The molecule has 2 aliphatic heterocycles. The molecule has 2 aliphatic rings. The van der Waals surface area contributed by atoms with Crippen LogP contribution in [0.2, 0.25) is 0 Å². The van der Waals surface area contributed by atoms with Crippen LogP contribution in [0.15, 0.2) is 26.0 Å². The Kier molecular flexibility index (Phi) is 4.90. The van der Waals surface area contributed by atoms with E-state index in [-0.39, 0.29) is 17.8 Å². The van der Waals surface area contributed by atoms with Crippen LogP contribution in [0.25, 0.3) is 0 Å². The van der Waals surface area contributed by atoms with Crippen LogP contribution in [-0.2, 0) is 24.2 Å². The molecule has 4 heterocycles. The molecule has 140 valence electrons. The number of hydrogen-bond acceptors (Lipinski definition) is 6. The van der Waals surface area contributed by atoms with Crippen molar-refractivity contribution < 1.29 is 9.15 Å². The first-order valence-corrected chi connectivity index (χ1v) is 9.76. The van der Waals surface area contributed by atoms with E-state index in [1.807, 2.05) is 26.0 Å². The van der Waals surface area contributed by atoms with Crippen LogP contribution in [0.4, 0.5) is 5.95 Å². The van der Waals surface area contributed by atoms with E-state index in [2.05, 4.69) is 30.7 Å². The average Bonchev–Trinajstić information content (AvgIpc) is 2.98. The first-order chi connectivity index (χ1) is 12.5. The average molecular weight is 423 g/mol. The molecule has 2 atom stereocenters. The van der Waals surface area contributed by atoms with Crippen LogP contribution in [0, 0.1) is 0 Å². The van der Waals surface area contributed by atoms with Crippen molar-refractivity contribution in [3.05, 3.63) is 44.2 Å². The van der Waals surface area contributed by atoms with Crippen molar-refractivity contribution >= 4 is 21.9 Å². The highest BCUT2D eigenvalue weighted by molar-refractivity contribution is 9.10. The van der Waals surface area contributed by atoms with Crippen molar-refractivity contribution in [2.45, 2.75) is 45.6 Å². The predicted molar refractivity (Wildman–Crippen MR) is 101 cm³/mol. The number of fused-ring (bicyclic) bond motifs is 1. The number of morpholine rings is 1. The molecule has 2 aromatic rings. The van der Waals surface area contributed by atoms with Crippen LogP contribution < -0.4 is 10.5 Å². The van der Waals surface area contributed by atoms with Gasteiger partial charge < -0.3 is 14.1 Å². The molecule has 1 N–H and O–H groups in total. The summed E-state index contributed by atoms with van der Waals surface area (Å²) in [7, 11) is 0. The van der Waals surface area contributed by atoms with Gasteiger partial charge in [-0.25, -0.2) is 4.98 Å². The minimum Gasteiger partial charge on any atom is -0.453 e. The molecule has 2 aromatic heterocycles. The topological polar surface area (TPSA) is 74.6 Å². The summed E-state index contributed by atoms with van der Waals surface area (Å²) in [5, 5.41) is 0. The minimum absolute atomic E-state index is 0.0165. The summed E-state index contributed by atoms with van der Waals surface area (Å²) >= 11 is 3.34. The van der Waals surface area contributed by atoms with Crippen LogP contribution in [0.5, 0.6) is 0 Å².